The molecule has 7 nitrogen and oxygen atoms in total. The molecule has 0 heterocycles. The van der Waals surface area contributed by atoms with Crippen molar-refractivity contribution in [1.82, 2.24) is 10.9 Å². The van der Waals surface area contributed by atoms with Gasteiger partial charge >= 0.3 is 0 Å². The number of ether oxygens (including phenoxy) is 3. The largest absolute Gasteiger partial charge is 0.493 e. The molecule has 0 aromatic heterocycles. The monoisotopic (exact) mass is 454 g/mol. The molecule has 3 aromatic carbocycles. The van der Waals surface area contributed by atoms with E-state index in [4.69, 9.17) is 25.8 Å². The fourth-order valence-electron chi connectivity index (χ4n) is 2.87. The SMILES string of the molecule is COc1ccc(CC(=O)NNC(=O)c2ccc(COc3ccc(Cl)cc3)cc2)cc1OC. The highest BCUT2D eigenvalue weighted by Gasteiger charge is 2.10. The van der Waals surface area contributed by atoms with Crippen molar-refractivity contribution in [2.45, 2.75) is 13.0 Å². The average molecular weight is 455 g/mol. The summed E-state index contributed by atoms with van der Waals surface area (Å²) >= 11 is 5.86. The molecule has 0 aliphatic carbocycles. The lowest BCUT2D eigenvalue weighted by Crippen LogP contribution is -2.42. The number of hydrogen-bond donors (Lipinski definition) is 2. The number of halogens is 1. The Morgan fingerprint density at radius 1 is 0.812 bits per heavy atom. The van der Waals surface area contributed by atoms with Crippen LogP contribution in [-0.4, -0.2) is 26.0 Å². The van der Waals surface area contributed by atoms with Crippen LogP contribution in [0.1, 0.15) is 21.5 Å². The lowest BCUT2D eigenvalue weighted by Gasteiger charge is -2.11. The van der Waals surface area contributed by atoms with Crippen LogP contribution in [0.15, 0.2) is 66.7 Å². The molecule has 3 aromatic rings. The minimum absolute atomic E-state index is 0.0710. The molecule has 0 unspecified atom stereocenters. The van der Waals surface area contributed by atoms with Crippen molar-refractivity contribution in [1.29, 1.82) is 0 Å². The third-order valence-corrected chi connectivity index (χ3v) is 4.82. The van der Waals surface area contributed by atoms with Crippen LogP contribution in [0.25, 0.3) is 0 Å². The highest BCUT2D eigenvalue weighted by molar-refractivity contribution is 6.30. The summed E-state index contributed by atoms with van der Waals surface area (Å²) in [5, 5.41) is 0.642. The van der Waals surface area contributed by atoms with E-state index in [1.165, 1.54) is 7.11 Å². The molecule has 0 aliphatic rings. The minimum Gasteiger partial charge on any atom is -0.493 e. The molecule has 166 valence electrons. The number of nitrogens with one attached hydrogen (secondary N) is 2. The van der Waals surface area contributed by atoms with Gasteiger partial charge in [-0.1, -0.05) is 29.8 Å². The first kappa shape index (κ1) is 23.0. The van der Waals surface area contributed by atoms with Crippen LogP contribution >= 0.6 is 11.6 Å². The van der Waals surface area contributed by atoms with Gasteiger partial charge in [0.05, 0.1) is 20.6 Å². The van der Waals surface area contributed by atoms with Crippen molar-refractivity contribution < 1.29 is 23.8 Å². The first-order chi connectivity index (χ1) is 15.5. The van der Waals surface area contributed by atoms with Gasteiger partial charge in [0.2, 0.25) is 5.91 Å². The van der Waals surface area contributed by atoms with Gasteiger partial charge in [-0.05, 0) is 59.7 Å². The summed E-state index contributed by atoms with van der Waals surface area (Å²) in [5.74, 6) is 1.02. The smallest absolute Gasteiger partial charge is 0.269 e. The molecule has 3 rings (SSSR count). The molecular formula is C24H23ClN2O5. The van der Waals surface area contributed by atoms with Crippen molar-refractivity contribution in [2.75, 3.05) is 14.2 Å². The van der Waals surface area contributed by atoms with Gasteiger partial charge in [0.15, 0.2) is 11.5 Å². The van der Waals surface area contributed by atoms with Crippen molar-refractivity contribution in [3.05, 3.63) is 88.4 Å². The summed E-state index contributed by atoms with van der Waals surface area (Å²) in [6.45, 7) is 0.353. The molecule has 0 radical (unpaired) electrons. The maximum absolute atomic E-state index is 12.3. The normalized spacial score (nSPS) is 10.2. The number of carbonyl (C=O) groups excluding carboxylic acids is 2. The van der Waals surface area contributed by atoms with Crippen LogP contribution in [0.2, 0.25) is 5.02 Å². The van der Waals surface area contributed by atoms with E-state index in [1.54, 1.807) is 73.8 Å². The standard InChI is InChI=1S/C24H23ClN2O5/c1-30-21-12-5-17(13-22(21)31-2)14-23(28)26-27-24(29)18-6-3-16(4-7-18)15-32-20-10-8-19(25)9-11-20/h3-13H,14-15H2,1-2H3,(H,26,28)(H,27,29). The third kappa shape index (κ3) is 6.39. The van der Waals surface area contributed by atoms with Crippen molar-refractivity contribution in [2.24, 2.45) is 0 Å². The highest BCUT2D eigenvalue weighted by Crippen LogP contribution is 2.27. The first-order valence-electron chi connectivity index (χ1n) is 9.76. The topological polar surface area (TPSA) is 85.9 Å². The molecule has 0 aliphatic heterocycles. The molecule has 0 bridgehead atoms. The van der Waals surface area contributed by atoms with E-state index in [0.717, 1.165) is 11.1 Å². The van der Waals surface area contributed by atoms with Crippen molar-refractivity contribution in [3.8, 4) is 17.2 Å². The summed E-state index contributed by atoms with van der Waals surface area (Å²) in [7, 11) is 3.07. The van der Waals surface area contributed by atoms with Crippen LogP contribution in [0.5, 0.6) is 17.2 Å². The predicted molar refractivity (Wildman–Crippen MR) is 121 cm³/mol. The number of methoxy groups -OCH3 is 2. The fraction of sp³-hybridized carbons (Fsp3) is 0.167. The van der Waals surface area contributed by atoms with Gasteiger partial charge in [0.25, 0.3) is 5.91 Å². The van der Waals surface area contributed by atoms with E-state index in [1.807, 2.05) is 0 Å². The molecule has 0 spiro atoms. The van der Waals surface area contributed by atoms with Gasteiger partial charge in [0, 0.05) is 10.6 Å². The summed E-state index contributed by atoms with van der Waals surface area (Å²) in [5.41, 5.74) is 6.86. The summed E-state index contributed by atoms with van der Waals surface area (Å²) in [6.07, 6.45) is 0.0710. The molecule has 0 atom stereocenters. The van der Waals surface area contributed by atoms with E-state index < -0.39 is 5.91 Å². The lowest BCUT2D eigenvalue weighted by atomic mass is 10.1. The maximum Gasteiger partial charge on any atom is 0.269 e. The van der Waals surface area contributed by atoms with Crippen molar-refractivity contribution in [3.63, 3.8) is 0 Å². The summed E-state index contributed by atoms with van der Waals surface area (Å²) in [4.78, 5) is 24.5. The van der Waals surface area contributed by atoms with Crippen LogP contribution in [0.3, 0.4) is 0 Å². The van der Waals surface area contributed by atoms with E-state index in [2.05, 4.69) is 10.9 Å². The van der Waals surface area contributed by atoms with E-state index in [0.29, 0.717) is 34.4 Å². The first-order valence-corrected chi connectivity index (χ1v) is 10.1. The summed E-state index contributed by atoms with van der Waals surface area (Å²) < 4.78 is 16.1. The molecule has 32 heavy (non-hydrogen) atoms. The van der Waals surface area contributed by atoms with Gasteiger partial charge in [-0.2, -0.15) is 0 Å². The molecule has 0 fully saturated rings. The number of rotatable bonds is 8. The van der Waals surface area contributed by atoms with Crippen LogP contribution in [0.4, 0.5) is 0 Å². The molecular weight excluding hydrogens is 432 g/mol. The number of hydrazine groups is 1. The molecule has 2 amide bonds. The van der Waals surface area contributed by atoms with Gasteiger partial charge < -0.3 is 14.2 Å². The third-order valence-electron chi connectivity index (χ3n) is 4.56. The van der Waals surface area contributed by atoms with E-state index in [9.17, 15) is 9.59 Å². The quantitative estimate of drug-likeness (QED) is 0.503. The lowest BCUT2D eigenvalue weighted by molar-refractivity contribution is -0.121. The van der Waals surface area contributed by atoms with E-state index in [-0.39, 0.29) is 12.3 Å². The summed E-state index contributed by atoms with van der Waals surface area (Å²) in [6, 6.07) is 19.2. The Bertz CT molecular complexity index is 1070. The van der Waals surface area contributed by atoms with Crippen molar-refractivity contribution >= 4 is 23.4 Å². The Balaban J connectivity index is 1.48. The molecule has 0 saturated heterocycles. The Morgan fingerprint density at radius 2 is 1.47 bits per heavy atom. The van der Waals surface area contributed by atoms with Gasteiger partial charge in [-0.15, -0.1) is 0 Å². The van der Waals surface area contributed by atoms with Crippen LogP contribution in [-0.2, 0) is 17.8 Å². The second kappa shape index (κ2) is 11.1. The maximum atomic E-state index is 12.3. The zero-order valence-electron chi connectivity index (χ0n) is 17.7. The fourth-order valence-corrected chi connectivity index (χ4v) is 2.99. The number of benzene rings is 3. The number of carbonyl (C=O) groups is 2. The Labute approximate surface area is 191 Å². The van der Waals surface area contributed by atoms with Crippen LogP contribution < -0.4 is 25.1 Å². The zero-order valence-corrected chi connectivity index (χ0v) is 18.4. The number of hydrogen-bond acceptors (Lipinski definition) is 5. The van der Waals surface area contributed by atoms with Crippen LogP contribution in [0, 0.1) is 0 Å². The Hall–Kier alpha value is -3.71. The molecule has 8 heteroatoms. The van der Waals surface area contributed by atoms with Gasteiger partial charge in [-0.3, -0.25) is 20.4 Å². The second-order valence-corrected chi connectivity index (χ2v) is 7.24. The minimum atomic E-state index is -0.421. The Kier molecular flexibility index (Phi) is 7.94. The molecule has 0 saturated carbocycles. The zero-order chi connectivity index (χ0) is 22.9. The Morgan fingerprint density at radius 3 is 2.12 bits per heavy atom. The number of amides is 2. The highest BCUT2D eigenvalue weighted by atomic mass is 35.5. The molecule has 2 N–H and O–H groups in total. The van der Waals surface area contributed by atoms with E-state index >= 15 is 0 Å². The van der Waals surface area contributed by atoms with Gasteiger partial charge in [0.1, 0.15) is 12.4 Å². The predicted octanol–water partition coefficient (Wildman–Crippen LogP) is 3.94. The second-order valence-electron chi connectivity index (χ2n) is 6.81. The van der Waals surface area contributed by atoms with Gasteiger partial charge in [-0.25, -0.2) is 0 Å². The average Bonchev–Trinajstić information content (AvgIpc) is 2.82.